The minimum atomic E-state index is 0.878. The molecular formula is C52H108S4. The van der Waals surface area contributed by atoms with Gasteiger partial charge in [-0.1, -0.05) is 233 Å². The number of hydrogen-bond donors (Lipinski definition) is 2. The third-order valence-corrected chi connectivity index (χ3v) is 14.8. The van der Waals surface area contributed by atoms with E-state index in [0.717, 1.165) is 23.3 Å². The first kappa shape index (κ1) is 61.4. The van der Waals surface area contributed by atoms with Crippen LogP contribution in [-0.4, -0.2) is 34.5 Å². The highest BCUT2D eigenvalue weighted by molar-refractivity contribution is 8.02. The summed E-state index contributed by atoms with van der Waals surface area (Å²) in [5, 5.41) is 0. The summed E-state index contributed by atoms with van der Waals surface area (Å²) in [7, 11) is 0. The highest BCUT2D eigenvalue weighted by Gasteiger charge is 2.11. The summed E-state index contributed by atoms with van der Waals surface area (Å²) in [6.07, 6.45) is 51.3. The summed E-state index contributed by atoms with van der Waals surface area (Å²) in [4.78, 5) is 0. The first-order valence-corrected chi connectivity index (χ1v) is 29.1. The van der Waals surface area contributed by atoms with Crippen LogP contribution in [-0.2, 0) is 0 Å². The van der Waals surface area contributed by atoms with E-state index in [9.17, 15) is 0 Å². The Kier molecular flexibility index (Phi) is 63.9. The third kappa shape index (κ3) is 57.2. The molecule has 0 aromatic rings. The van der Waals surface area contributed by atoms with Gasteiger partial charge in [-0.2, -0.15) is 48.8 Å². The summed E-state index contributed by atoms with van der Waals surface area (Å²) in [6, 6.07) is 0. The second-order valence-electron chi connectivity index (χ2n) is 17.2. The van der Waals surface area contributed by atoms with E-state index >= 15 is 0 Å². The predicted octanol–water partition coefficient (Wildman–Crippen LogP) is 20.2. The predicted molar refractivity (Wildman–Crippen MR) is 279 cm³/mol. The quantitative estimate of drug-likeness (QED) is 0.0356. The molecule has 0 aliphatic heterocycles. The fraction of sp³-hybridized carbons (Fsp3) is 0.962. The molecule has 0 aliphatic carbocycles. The van der Waals surface area contributed by atoms with E-state index in [1.165, 1.54) is 260 Å². The summed E-state index contributed by atoms with van der Waals surface area (Å²) in [6.45, 7) is 18.1. The van der Waals surface area contributed by atoms with Crippen molar-refractivity contribution < 1.29 is 0 Å². The Bertz CT molecular complexity index is 629. The van der Waals surface area contributed by atoms with Crippen molar-refractivity contribution in [2.75, 3.05) is 34.5 Å². The lowest BCUT2D eigenvalue weighted by molar-refractivity contribution is 0.439. The SMILES string of the molecule is C=C(CCCCCC)CCCCCCCC.CCCCCCCCC(CCCCCC)CSCCSCC(CCCCCC)CCCCCCCC.SCCS. The van der Waals surface area contributed by atoms with Gasteiger partial charge in [0.2, 0.25) is 0 Å². The fourth-order valence-electron chi connectivity index (χ4n) is 7.47. The molecule has 0 rings (SSSR count). The minimum absolute atomic E-state index is 0.878. The Balaban J connectivity index is -0.00000116. The second kappa shape index (κ2) is 58.2. The van der Waals surface area contributed by atoms with Gasteiger partial charge >= 0.3 is 0 Å². The summed E-state index contributed by atoms with van der Waals surface area (Å²) in [5.74, 6) is 9.36. The van der Waals surface area contributed by atoms with Crippen LogP contribution in [0.3, 0.4) is 0 Å². The Morgan fingerprint density at radius 2 is 0.589 bits per heavy atom. The van der Waals surface area contributed by atoms with Crippen LogP contribution in [0.25, 0.3) is 0 Å². The molecule has 56 heavy (non-hydrogen) atoms. The molecule has 0 nitrogen and oxygen atoms in total. The van der Waals surface area contributed by atoms with E-state index < -0.39 is 0 Å². The van der Waals surface area contributed by atoms with E-state index in [0.29, 0.717) is 0 Å². The molecule has 0 amide bonds. The maximum atomic E-state index is 4.19. The zero-order chi connectivity index (χ0) is 41.8. The lowest BCUT2D eigenvalue weighted by Crippen LogP contribution is -2.07. The number of thioether (sulfide) groups is 2. The van der Waals surface area contributed by atoms with Crippen LogP contribution in [0.15, 0.2) is 12.2 Å². The van der Waals surface area contributed by atoms with Gasteiger partial charge in [-0.05, 0) is 86.2 Å². The largest absolute Gasteiger partial charge is 0.179 e. The average Bonchev–Trinajstić information content (AvgIpc) is 3.21. The minimum Gasteiger partial charge on any atom is -0.179 e. The highest BCUT2D eigenvalue weighted by atomic mass is 32.2. The van der Waals surface area contributed by atoms with Crippen molar-refractivity contribution in [1.29, 1.82) is 0 Å². The highest BCUT2D eigenvalue weighted by Crippen LogP contribution is 2.26. The van der Waals surface area contributed by atoms with E-state index in [-0.39, 0.29) is 0 Å². The monoisotopic (exact) mass is 861 g/mol. The Morgan fingerprint density at radius 1 is 0.357 bits per heavy atom. The number of hydrogen-bond acceptors (Lipinski definition) is 4. The van der Waals surface area contributed by atoms with Crippen LogP contribution >= 0.6 is 48.8 Å². The van der Waals surface area contributed by atoms with E-state index in [1.807, 2.05) is 0 Å². The lowest BCUT2D eigenvalue weighted by atomic mass is 9.96. The number of thiol groups is 2. The van der Waals surface area contributed by atoms with Crippen molar-refractivity contribution in [3.8, 4) is 0 Å². The van der Waals surface area contributed by atoms with Crippen LogP contribution in [0.4, 0.5) is 0 Å². The molecule has 0 saturated heterocycles. The summed E-state index contributed by atoms with van der Waals surface area (Å²) in [5.41, 5.74) is 1.49. The maximum absolute atomic E-state index is 4.19. The molecule has 2 unspecified atom stereocenters. The van der Waals surface area contributed by atoms with Gasteiger partial charge in [0.05, 0.1) is 0 Å². The van der Waals surface area contributed by atoms with Crippen LogP contribution in [0.5, 0.6) is 0 Å². The molecule has 0 aliphatic rings. The Labute approximate surface area is 377 Å². The van der Waals surface area contributed by atoms with Crippen LogP contribution < -0.4 is 0 Å². The molecule has 0 saturated carbocycles. The van der Waals surface area contributed by atoms with Gasteiger partial charge in [0.15, 0.2) is 0 Å². The van der Waals surface area contributed by atoms with Crippen molar-refractivity contribution in [3.05, 3.63) is 12.2 Å². The summed E-state index contributed by atoms with van der Waals surface area (Å²) >= 11 is 12.3. The van der Waals surface area contributed by atoms with Crippen LogP contribution in [0.1, 0.15) is 273 Å². The molecule has 0 fully saturated rings. The van der Waals surface area contributed by atoms with Gasteiger partial charge in [0.1, 0.15) is 0 Å². The zero-order valence-corrected chi connectivity index (χ0v) is 43.2. The number of rotatable bonds is 44. The molecule has 0 spiro atoms. The number of unbranched alkanes of at least 4 members (excludes halogenated alkanes) is 24. The number of allylic oxidation sites excluding steroid dienone is 1. The topological polar surface area (TPSA) is 0 Å². The molecule has 4 heteroatoms. The molecule has 0 bridgehead atoms. The van der Waals surface area contributed by atoms with Gasteiger partial charge in [-0.3, -0.25) is 0 Å². The molecule has 2 atom stereocenters. The first-order valence-electron chi connectivity index (χ1n) is 25.5. The van der Waals surface area contributed by atoms with Gasteiger partial charge < -0.3 is 0 Å². The van der Waals surface area contributed by atoms with Crippen LogP contribution in [0.2, 0.25) is 0 Å². The molecular weight excluding hydrogens is 753 g/mol. The van der Waals surface area contributed by atoms with E-state index in [2.05, 4.69) is 96.9 Å². The van der Waals surface area contributed by atoms with Gasteiger partial charge in [-0.25, -0.2) is 0 Å². The zero-order valence-electron chi connectivity index (χ0n) is 39.8. The lowest BCUT2D eigenvalue weighted by Gasteiger charge is -2.18. The second-order valence-corrected chi connectivity index (χ2v) is 20.4. The third-order valence-electron chi connectivity index (χ3n) is 11.3. The van der Waals surface area contributed by atoms with Gasteiger partial charge in [0.25, 0.3) is 0 Å². The van der Waals surface area contributed by atoms with Crippen molar-refractivity contribution in [1.82, 2.24) is 0 Å². The molecule has 0 N–H and O–H groups in total. The molecule has 0 aromatic carbocycles. The smallest absolute Gasteiger partial charge is 0.00236 e. The molecule has 0 radical (unpaired) electrons. The van der Waals surface area contributed by atoms with E-state index in [4.69, 9.17) is 0 Å². The standard InChI is InChI=1S/C34H70S2.C16H32.C2H6S2/c1-5-9-13-17-19-23-27-33(25-21-15-11-7-3)31-35-29-30-36-32-34(26-22-16-12-8-4)28-24-20-18-14-10-6-2;1-4-6-8-10-11-13-15-16(3)14-12-9-7-5-2;3-1-2-4/h33-34H,5-32H2,1-4H3;3-15H2,1-2H3;3-4H,1-2H2. The van der Waals surface area contributed by atoms with E-state index in [1.54, 1.807) is 0 Å². The molecule has 340 valence electrons. The Hall–Kier alpha value is 1.14. The molecule has 0 heterocycles. The first-order chi connectivity index (χ1) is 27.5. The van der Waals surface area contributed by atoms with Crippen molar-refractivity contribution in [2.24, 2.45) is 11.8 Å². The van der Waals surface area contributed by atoms with Gasteiger partial charge in [-0.15, -0.1) is 0 Å². The van der Waals surface area contributed by atoms with Gasteiger partial charge in [0, 0.05) is 11.5 Å². The van der Waals surface area contributed by atoms with Crippen molar-refractivity contribution >= 4 is 48.8 Å². The maximum Gasteiger partial charge on any atom is 0.00236 e. The fourth-order valence-corrected chi connectivity index (χ4v) is 10.1. The average molecular weight is 862 g/mol. The van der Waals surface area contributed by atoms with Crippen molar-refractivity contribution in [2.45, 2.75) is 273 Å². The van der Waals surface area contributed by atoms with Crippen molar-refractivity contribution in [3.63, 3.8) is 0 Å². The normalized spacial score (nSPS) is 12.1. The molecule has 0 aromatic heterocycles. The van der Waals surface area contributed by atoms with Crippen LogP contribution in [0, 0.1) is 11.8 Å². The summed E-state index contributed by atoms with van der Waals surface area (Å²) < 4.78 is 0. The Morgan fingerprint density at radius 3 is 0.875 bits per heavy atom.